The van der Waals surface area contributed by atoms with Crippen molar-refractivity contribution >= 4 is 11.8 Å². The molecule has 0 bridgehead atoms. The normalized spacial score (nSPS) is 10.2. The van der Waals surface area contributed by atoms with Crippen LogP contribution in [0.15, 0.2) is 28.7 Å². The predicted molar refractivity (Wildman–Crippen MR) is 87.3 cm³/mol. The molecule has 0 saturated heterocycles. The number of furan rings is 1. The van der Waals surface area contributed by atoms with Gasteiger partial charge < -0.3 is 13.9 Å². The van der Waals surface area contributed by atoms with Crippen LogP contribution in [0.3, 0.4) is 0 Å². The molecule has 0 saturated carbocycles. The summed E-state index contributed by atoms with van der Waals surface area (Å²) in [6, 6.07) is 6.38. The average molecular weight is 332 g/mol. The monoisotopic (exact) mass is 332 g/mol. The van der Waals surface area contributed by atoms with Crippen LogP contribution in [0.2, 0.25) is 0 Å². The first kappa shape index (κ1) is 17.4. The van der Waals surface area contributed by atoms with Gasteiger partial charge in [-0.25, -0.2) is 0 Å². The minimum Gasteiger partial charge on any atom is -0.493 e. The first-order valence-corrected chi connectivity index (χ1v) is 7.44. The minimum absolute atomic E-state index is 0.329. The fourth-order valence-electron chi connectivity index (χ4n) is 2.19. The number of hydrogen-bond donors (Lipinski definition) is 2. The molecule has 0 unspecified atom stereocenters. The highest BCUT2D eigenvalue weighted by Gasteiger charge is 2.15. The number of ether oxygens (including phenoxy) is 2. The zero-order chi connectivity index (χ0) is 17.7. The number of nitrogens with one attached hydrogen (secondary N) is 2. The van der Waals surface area contributed by atoms with Crippen molar-refractivity contribution in [3.63, 3.8) is 0 Å². The van der Waals surface area contributed by atoms with Crippen molar-refractivity contribution in [1.82, 2.24) is 10.9 Å². The van der Waals surface area contributed by atoms with Crippen LogP contribution in [0.5, 0.6) is 11.5 Å². The molecule has 0 aliphatic rings. The van der Waals surface area contributed by atoms with Crippen LogP contribution in [-0.4, -0.2) is 25.5 Å². The molecule has 0 aliphatic carbocycles. The van der Waals surface area contributed by atoms with E-state index in [0.29, 0.717) is 40.8 Å². The first-order chi connectivity index (χ1) is 11.5. The Hall–Kier alpha value is -2.96. The number of rotatable bonds is 5. The van der Waals surface area contributed by atoms with Gasteiger partial charge in [0.1, 0.15) is 11.5 Å². The molecule has 7 nitrogen and oxygen atoms in total. The smallest absolute Gasteiger partial charge is 0.273 e. The van der Waals surface area contributed by atoms with E-state index in [1.807, 2.05) is 6.92 Å². The quantitative estimate of drug-likeness (QED) is 0.821. The summed E-state index contributed by atoms with van der Waals surface area (Å²) >= 11 is 0. The van der Waals surface area contributed by atoms with E-state index in [2.05, 4.69) is 10.9 Å². The Morgan fingerprint density at radius 3 is 2.38 bits per heavy atom. The van der Waals surface area contributed by atoms with Gasteiger partial charge in [-0.05, 0) is 45.0 Å². The zero-order valence-corrected chi connectivity index (χ0v) is 14.1. The third kappa shape index (κ3) is 3.87. The maximum absolute atomic E-state index is 12.2. The van der Waals surface area contributed by atoms with Gasteiger partial charge in [0.25, 0.3) is 11.8 Å². The summed E-state index contributed by atoms with van der Waals surface area (Å²) in [6.45, 7) is 5.77. The van der Waals surface area contributed by atoms with Crippen molar-refractivity contribution in [3.8, 4) is 11.5 Å². The number of benzene rings is 1. The maximum Gasteiger partial charge on any atom is 0.273 e. The van der Waals surface area contributed by atoms with Crippen molar-refractivity contribution in [1.29, 1.82) is 0 Å². The van der Waals surface area contributed by atoms with Crippen molar-refractivity contribution in [3.05, 3.63) is 46.9 Å². The van der Waals surface area contributed by atoms with Gasteiger partial charge in [-0.15, -0.1) is 0 Å². The lowest BCUT2D eigenvalue weighted by Gasteiger charge is -2.11. The van der Waals surface area contributed by atoms with Crippen LogP contribution in [-0.2, 0) is 0 Å². The molecule has 7 heteroatoms. The molecular weight excluding hydrogens is 312 g/mol. The molecule has 1 aromatic carbocycles. The van der Waals surface area contributed by atoms with Gasteiger partial charge in [0.05, 0.1) is 19.3 Å². The third-order valence-electron chi connectivity index (χ3n) is 3.30. The SMILES string of the molecule is CCOc1ccc(C(=O)NNC(=O)c2cc(C)oc2C)cc1OC. The van der Waals surface area contributed by atoms with E-state index in [0.717, 1.165) is 0 Å². The van der Waals surface area contributed by atoms with Gasteiger partial charge in [-0.1, -0.05) is 0 Å². The van der Waals surface area contributed by atoms with Crippen LogP contribution >= 0.6 is 0 Å². The summed E-state index contributed by atoms with van der Waals surface area (Å²) < 4.78 is 15.9. The summed E-state index contributed by atoms with van der Waals surface area (Å²) in [7, 11) is 1.49. The second-order valence-electron chi connectivity index (χ2n) is 5.03. The number of hydrogen-bond acceptors (Lipinski definition) is 5. The third-order valence-corrected chi connectivity index (χ3v) is 3.30. The molecular formula is C17H20N2O5. The van der Waals surface area contributed by atoms with Crippen molar-refractivity contribution < 1.29 is 23.5 Å². The van der Waals surface area contributed by atoms with E-state index in [9.17, 15) is 9.59 Å². The van der Waals surface area contributed by atoms with Gasteiger partial charge in [0, 0.05) is 5.56 Å². The second-order valence-corrected chi connectivity index (χ2v) is 5.03. The molecule has 24 heavy (non-hydrogen) atoms. The summed E-state index contributed by atoms with van der Waals surface area (Å²) in [6.07, 6.45) is 0. The number of carbonyl (C=O) groups is 2. The second kappa shape index (κ2) is 7.54. The Balaban J connectivity index is 2.04. The van der Waals surface area contributed by atoms with Crippen LogP contribution in [0, 0.1) is 13.8 Å². The molecule has 1 heterocycles. The lowest BCUT2D eigenvalue weighted by molar-refractivity contribution is 0.0845. The largest absolute Gasteiger partial charge is 0.493 e. The lowest BCUT2D eigenvalue weighted by Crippen LogP contribution is -2.41. The van der Waals surface area contributed by atoms with Gasteiger partial charge in [-0.2, -0.15) is 0 Å². The Bertz CT molecular complexity index is 751. The number of amides is 2. The summed E-state index contributed by atoms with van der Waals surface area (Å²) in [4.78, 5) is 24.2. The first-order valence-electron chi connectivity index (χ1n) is 7.44. The minimum atomic E-state index is -0.470. The molecule has 0 atom stereocenters. The number of carbonyl (C=O) groups excluding carboxylic acids is 2. The van der Waals surface area contributed by atoms with Gasteiger partial charge in [0.2, 0.25) is 0 Å². The van der Waals surface area contributed by atoms with Gasteiger partial charge in [0.15, 0.2) is 11.5 Å². The lowest BCUT2D eigenvalue weighted by atomic mass is 10.2. The fourth-order valence-corrected chi connectivity index (χ4v) is 2.19. The van der Waals surface area contributed by atoms with Crippen molar-refractivity contribution in [2.24, 2.45) is 0 Å². The Morgan fingerprint density at radius 2 is 1.79 bits per heavy atom. The van der Waals surface area contributed by atoms with E-state index in [1.54, 1.807) is 38.1 Å². The van der Waals surface area contributed by atoms with E-state index in [4.69, 9.17) is 13.9 Å². The van der Waals surface area contributed by atoms with Crippen LogP contribution in [0.1, 0.15) is 39.2 Å². The Labute approximate surface area is 139 Å². The molecule has 0 radical (unpaired) electrons. The van der Waals surface area contributed by atoms with E-state index in [-0.39, 0.29) is 0 Å². The Kier molecular flexibility index (Phi) is 5.47. The van der Waals surface area contributed by atoms with Crippen LogP contribution in [0.4, 0.5) is 0 Å². The topological polar surface area (TPSA) is 89.8 Å². The van der Waals surface area contributed by atoms with Crippen LogP contribution in [0.25, 0.3) is 0 Å². The zero-order valence-electron chi connectivity index (χ0n) is 14.1. The highest BCUT2D eigenvalue weighted by molar-refractivity contribution is 5.99. The van der Waals surface area contributed by atoms with E-state index >= 15 is 0 Å². The fraction of sp³-hybridized carbons (Fsp3) is 0.294. The van der Waals surface area contributed by atoms with Gasteiger partial charge in [-0.3, -0.25) is 20.4 Å². The molecule has 0 aliphatic heterocycles. The van der Waals surface area contributed by atoms with E-state index < -0.39 is 11.8 Å². The maximum atomic E-state index is 12.2. The predicted octanol–water partition coefficient (Wildman–Crippen LogP) is 2.38. The average Bonchev–Trinajstić information content (AvgIpc) is 2.91. The highest BCUT2D eigenvalue weighted by Crippen LogP contribution is 2.27. The molecule has 2 N–H and O–H groups in total. The number of aryl methyl sites for hydroxylation is 2. The number of methoxy groups -OCH3 is 1. The molecule has 2 amide bonds. The highest BCUT2D eigenvalue weighted by atomic mass is 16.5. The molecule has 0 spiro atoms. The number of hydrazine groups is 1. The standard InChI is InChI=1S/C17H20N2O5/c1-5-23-14-7-6-12(9-15(14)22-4)16(20)18-19-17(21)13-8-10(2)24-11(13)3/h6-9H,5H2,1-4H3,(H,18,20)(H,19,21). The molecule has 2 aromatic rings. The molecule has 128 valence electrons. The molecule has 2 rings (SSSR count). The summed E-state index contributed by atoms with van der Waals surface area (Å²) in [5.41, 5.74) is 5.42. The Morgan fingerprint density at radius 1 is 1.08 bits per heavy atom. The van der Waals surface area contributed by atoms with Gasteiger partial charge >= 0.3 is 0 Å². The van der Waals surface area contributed by atoms with Crippen molar-refractivity contribution in [2.45, 2.75) is 20.8 Å². The van der Waals surface area contributed by atoms with E-state index in [1.165, 1.54) is 7.11 Å². The summed E-state index contributed by atoms with van der Waals surface area (Å²) in [5, 5.41) is 0. The van der Waals surface area contributed by atoms with Crippen molar-refractivity contribution in [2.75, 3.05) is 13.7 Å². The molecule has 1 aromatic heterocycles. The summed E-state index contributed by atoms with van der Waals surface area (Å²) in [5.74, 6) is 1.18. The van der Waals surface area contributed by atoms with Crippen LogP contribution < -0.4 is 20.3 Å². The molecule has 0 fully saturated rings.